The highest BCUT2D eigenvalue weighted by Gasteiger charge is 2.35. The van der Waals surface area contributed by atoms with Gasteiger partial charge >= 0.3 is 12.0 Å². The molecule has 1 aliphatic heterocycles. The number of aliphatic carboxylic acids is 1. The van der Waals surface area contributed by atoms with Gasteiger partial charge in [0.25, 0.3) is 0 Å². The monoisotopic (exact) mass is 283 g/mol. The lowest BCUT2D eigenvalue weighted by atomic mass is 10.1. The van der Waals surface area contributed by atoms with Gasteiger partial charge in [0.05, 0.1) is 6.42 Å². The number of carbonyl (C=O) groups is 2. The predicted molar refractivity (Wildman–Crippen MR) is 75.6 cm³/mol. The number of rotatable bonds is 5. The molecule has 114 valence electrons. The third-order valence-corrected chi connectivity index (χ3v) is 4.31. The van der Waals surface area contributed by atoms with Crippen molar-refractivity contribution in [3.05, 3.63) is 0 Å². The quantitative estimate of drug-likeness (QED) is 0.789. The molecule has 1 aliphatic carbocycles. The maximum absolute atomic E-state index is 12.3. The smallest absolute Gasteiger partial charge is 0.317 e. The van der Waals surface area contributed by atoms with Gasteiger partial charge in [-0.1, -0.05) is 0 Å². The summed E-state index contributed by atoms with van der Waals surface area (Å²) in [6.45, 7) is 1.49. The summed E-state index contributed by atoms with van der Waals surface area (Å²) in [4.78, 5) is 27.1. The molecule has 6 heteroatoms. The van der Waals surface area contributed by atoms with Crippen LogP contribution in [-0.2, 0) is 4.79 Å². The maximum Gasteiger partial charge on any atom is 0.317 e. The number of nitrogens with one attached hydrogen (secondary N) is 1. The molecule has 2 aliphatic rings. The number of likely N-dealkylation sites (tertiary alicyclic amines) is 1. The second-order valence-corrected chi connectivity index (χ2v) is 6.20. The summed E-state index contributed by atoms with van der Waals surface area (Å²) >= 11 is 0. The standard InChI is InChI=1S/C14H25N3O3/c1-16(2)11-4-3-7-17(9-11)14(20)15-12(8-13(18)19)10-5-6-10/h10-12H,3-9H2,1-2H3,(H,15,20)(H,18,19). The van der Waals surface area contributed by atoms with Crippen LogP contribution in [0.25, 0.3) is 0 Å². The molecule has 2 amide bonds. The van der Waals surface area contributed by atoms with Gasteiger partial charge in [-0.2, -0.15) is 0 Å². The van der Waals surface area contributed by atoms with E-state index < -0.39 is 5.97 Å². The molecular formula is C14H25N3O3. The zero-order chi connectivity index (χ0) is 14.7. The number of carboxylic acid groups (broad SMARTS) is 1. The Kier molecular flexibility index (Phi) is 4.86. The summed E-state index contributed by atoms with van der Waals surface area (Å²) in [5.74, 6) is -0.489. The van der Waals surface area contributed by atoms with Crippen LogP contribution in [0.4, 0.5) is 4.79 Å². The van der Waals surface area contributed by atoms with Gasteiger partial charge in [0.2, 0.25) is 0 Å². The first kappa shape index (κ1) is 15.1. The highest BCUT2D eigenvalue weighted by molar-refractivity contribution is 5.76. The highest BCUT2D eigenvalue weighted by Crippen LogP contribution is 2.34. The Morgan fingerprint density at radius 1 is 1.35 bits per heavy atom. The second-order valence-electron chi connectivity index (χ2n) is 6.20. The van der Waals surface area contributed by atoms with Gasteiger partial charge in [0.15, 0.2) is 0 Å². The number of carboxylic acids is 1. The minimum Gasteiger partial charge on any atom is -0.481 e. The van der Waals surface area contributed by atoms with Crippen molar-refractivity contribution in [2.75, 3.05) is 27.2 Å². The van der Waals surface area contributed by atoms with Crippen LogP contribution in [0, 0.1) is 5.92 Å². The average molecular weight is 283 g/mol. The van der Waals surface area contributed by atoms with Crippen LogP contribution in [0.3, 0.4) is 0 Å². The molecule has 0 spiro atoms. The van der Waals surface area contributed by atoms with Crippen LogP contribution >= 0.6 is 0 Å². The van der Waals surface area contributed by atoms with Gasteiger partial charge in [0.1, 0.15) is 0 Å². The number of amides is 2. The molecule has 2 fully saturated rings. The minimum atomic E-state index is -0.841. The van der Waals surface area contributed by atoms with E-state index in [-0.39, 0.29) is 18.5 Å². The van der Waals surface area contributed by atoms with E-state index >= 15 is 0 Å². The van der Waals surface area contributed by atoms with Gasteiger partial charge in [-0.3, -0.25) is 4.79 Å². The van der Waals surface area contributed by atoms with E-state index in [9.17, 15) is 9.59 Å². The molecule has 2 rings (SSSR count). The average Bonchev–Trinajstić information content (AvgIpc) is 3.21. The largest absolute Gasteiger partial charge is 0.481 e. The molecule has 0 radical (unpaired) electrons. The molecule has 2 N–H and O–H groups in total. The fourth-order valence-electron chi connectivity index (χ4n) is 2.83. The fraction of sp³-hybridized carbons (Fsp3) is 0.857. The normalized spacial score (nSPS) is 24.6. The van der Waals surface area contributed by atoms with E-state index in [2.05, 4.69) is 10.2 Å². The Morgan fingerprint density at radius 3 is 2.60 bits per heavy atom. The van der Waals surface area contributed by atoms with E-state index in [1.807, 2.05) is 19.0 Å². The molecule has 0 aromatic rings. The van der Waals surface area contributed by atoms with E-state index in [0.717, 1.165) is 38.8 Å². The summed E-state index contributed by atoms with van der Waals surface area (Å²) in [6, 6.07) is 0.0859. The SMILES string of the molecule is CN(C)C1CCCN(C(=O)NC(CC(=O)O)C2CC2)C1. The van der Waals surface area contributed by atoms with Crippen LogP contribution in [0.15, 0.2) is 0 Å². The van der Waals surface area contributed by atoms with E-state index in [1.54, 1.807) is 0 Å². The Bertz CT molecular complexity index is 369. The topological polar surface area (TPSA) is 72.9 Å². The highest BCUT2D eigenvalue weighted by atomic mass is 16.4. The lowest BCUT2D eigenvalue weighted by Crippen LogP contribution is -2.53. The van der Waals surface area contributed by atoms with Gasteiger partial charge in [0, 0.05) is 25.2 Å². The number of urea groups is 1. The van der Waals surface area contributed by atoms with Crippen molar-refractivity contribution in [3.8, 4) is 0 Å². The number of piperidine rings is 1. The van der Waals surface area contributed by atoms with Crippen molar-refractivity contribution in [2.45, 2.75) is 44.2 Å². The van der Waals surface area contributed by atoms with Gasteiger partial charge in [-0.15, -0.1) is 0 Å². The lowest BCUT2D eigenvalue weighted by molar-refractivity contribution is -0.137. The zero-order valence-electron chi connectivity index (χ0n) is 12.3. The molecule has 0 aromatic carbocycles. The van der Waals surface area contributed by atoms with Crippen LogP contribution in [-0.4, -0.2) is 66.2 Å². The molecule has 1 saturated carbocycles. The second kappa shape index (κ2) is 6.43. The lowest BCUT2D eigenvalue weighted by Gasteiger charge is -2.36. The number of likely N-dealkylation sites (N-methyl/N-ethyl adjacent to an activating group) is 1. The van der Waals surface area contributed by atoms with Crippen LogP contribution in [0.2, 0.25) is 0 Å². The number of carbonyl (C=O) groups excluding carboxylic acids is 1. The molecule has 2 atom stereocenters. The molecule has 2 unspecified atom stereocenters. The van der Waals surface area contributed by atoms with Crippen molar-refractivity contribution in [2.24, 2.45) is 5.92 Å². The third-order valence-electron chi connectivity index (χ3n) is 4.31. The first-order valence-corrected chi connectivity index (χ1v) is 7.41. The van der Waals surface area contributed by atoms with Crippen molar-refractivity contribution >= 4 is 12.0 Å². The van der Waals surface area contributed by atoms with Crippen molar-refractivity contribution in [3.63, 3.8) is 0 Å². The Hall–Kier alpha value is -1.30. The number of hydrogen-bond acceptors (Lipinski definition) is 3. The van der Waals surface area contributed by atoms with Crippen molar-refractivity contribution < 1.29 is 14.7 Å². The van der Waals surface area contributed by atoms with E-state index in [0.29, 0.717) is 12.0 Å². The van der Waals surface area contributed by atoms with E-state index in [4.69, 9.17) is 5.11 Å². The third kappa shape index (κ3) is 4.10. The van der Waals surface area contributed by atoms with Crippen LogP contribution in [0.5, 0.6) is 0 Å². The first-order chi connectivity index (χ1) is 9.47. The van der Waals surface area contributed by atoms with Crippen molar-refractivity contribution in [1.29, 1.82) is 0 Å². The van der Waals surface area contributed by atoms with Gasteiger partial charge < -0.3 is 20.2 Å². The predicted octanol–water partition coefficient (Wildman–Crippen LogP) is 0.975. The molecule has 1 saturated heterocycles. The minimum absolute atomic E-state index is 0.0291. The summed E-state index contributed by atoms with van der Waals surface area (Å²) in [6.07, 6.45) is 4.19. The molecule has 6 nitrogen and oxygen atoms in total. The van der Waals surface area contributed by atoms with Gasteiger partial charge in [-0.25, -0.2) is 4.79 Å². The van der Waals surface area contributed by atoms with E-state index in [1.165, 1.54) is 0 Å². The zero-order valence-corrected chi connectivity index (χ0v) is 12.3. The summed E-state index contributed by atoms with van der Waals surface area (Å²) in [7, 11) is 4.06. The first-order valence-electron chi connectivity index (χ1n) is 7.41. The van der Waals surface area contributed by atoms with Gasteiger partial charge in [-0.05, 0) is 45.7 Å². The summed E-state index contributed by atoms with van der Waals surface area (Å²) < 4.78 is 0. The maximum atomic E-state index is 12.3. The fourth-order valence-corrected chi connectivity index (χ4v) is 2.83. The Labute approximate surface area is 120 Å². The Balaban J connectivity index is 1.87. The molecule has 0 bridgehead atoms. The van der Waals surface area contributed by atoms with Crippen molar-refractivity contribution in [1.82, 2.24) is 15.1 Å². The summed E-state index contributed by atoms with van der Waals surface area (Å²) in [5, 5.41) is 11.9. The molecule has 20 heavy (non-hydrogen) atoms. The molecule has 1 heterocycles. The number of nitrogens with zero attached hydrogens (tertiary/aromatic N) is 2. The van der Waals surface area contributed by atoms with Crippen LogP contribution < -0.4 is 5.32 Å². The Morgan fingerprint density at radius 2 is 2.05 bits per heavy atom. The molecule has 0 aromatic heterocycles. The number of hydrogen-bond donors (Lipinski definition) is 2. The summed E-state index contributed by atoms with van der Waals surface area (Å²) in [5.41, 5.74) is 0. The van der Waals surface area contributed by atoms with Crippen LogP contribution in [0.1, 0.15) is 32.1 Å². The molecular weight excluding hydrogens is 258 g/mol.